The number of nitrogens with one attached hydrogen (secondary N) is 1. The van der Waals surface area contributed by atoms with Gasteiger partial charge in [0.15, 0.2) is 0 Å². The van der Waals surface area contributed by atoms with Gasteiger partial charge in [-0.1, -0.05) is 0 Å². The maximum absolute atomic E-state index is 12.9. The molecule has 3 aliphatic rings. The topological polar surface area (TPSA) is 73.7 Å². The van der Waals surface area contributed by atoms with Crippen molar-refractivity contribution in [3.63, 3.8) is 0 Å². The first-order valence-corrected chi connectivity index (χ1v) is 10.8. The van der Waals surface area contributed by atoms with Crippen LogP contribution in [-0.4, -0.2) is 95.2 Å². The molecule has 0 spiro atoms. The molecule has 9 heteroatoms. The quantitative estimate of drug-likeness (QED) is 0.780. The molecule has 162 valence electrons. The third-order valence-electron chi connectivity index (χ3n) is 6.17. The van der Waals surface area contributed by atoms with Crippen molar-refractivity contribution in [2.24, 2.45) is 0 Å². The molecule has 8 nitrogen and oxygen atoms in total. The number of halogens is 1. The first kappa shape index (κ1) is 22.1. The van der Waals surface area contributed by atoms with Crippen LogP contribution in [0.5, 0.6) is 0 Å². The lowest BCUT2D eigenvalue weighted by Crippen LogP contribution is -2.41. The normalized spacial score (nSPS) is 23.5. The van der Waals surface area contributed by atoms with Gasteiger partial charge in [-0.25, -0.2) is 0 Å². The monoisotopic (exact) mass is 424 g/mol. The molecule has 2 amide bonds. The summed E-state index contributed by atoms with van der Waals surface area (Å²) in [7, 11) is 0. The molecule has 1 N–H and O–H groups in total. The Morgan fingerprint density at radius 2 is 1.79 bits per heavy atom. The number of aromatic nitrogens is 2. The number of carbonyl (C=O) groups excluding carboxylic acids is 2. The molecular formula is C20H33ClN6O2. The Bertz CT molecular complexity index is 684. The first-order valence-electron chi connectivity index (χ1n) is 10.8. The highest BCUT2D eigenvalue weighted by atomic mass is 35.5. The largest absolute Gasteiger partial charge is 0.342 e. The average molecular weight is 425 g/mol. The van der Waals surface area contributed by atoms with Crippen LogP contribution in [-0.2, 0) is 4.79 Å². The van der Waals surface area contributed by atoms with Gasteiger partial charge in [0.25, 0.3) is 5.91 Å². The van der Waals surface area contributed by atoms with Gasteiger partial charge in [0.1, 0.15) is 5.69 Å². The van der Waals surface area contributed by atoms with Crippen LogP contribution in [0.1, 0.15) is 48.6 Å². The summed E-state index contributed by atoms with van der Waals surface area (Å²) < 4.78 is 1.94. The van der Waals surface area contributed by atoms with E-state index in [1.807, 2.05) is 26.7 Å². The van der Waals surface area contributed by atoms with Crippen molar-refractivity contribution in [1.29, 1.82) is 0 Å². The van der Waals surface area contributed by atoms with Gasteiger partial charge in [0, 0.05) is 52.0 Å². The molecule has 4 heterocycles. The fourth-order valence-electron chi connectivity index (χ4n) is 4.47. The second-order valence-corrected chi connectivity index (χ2v) is 8.19. The average Bonchev–Trinajstić information content (AvgIpc) is 3.38. The highest BCUT2D eigenvalue weighted by Gasteiger charge is 2.26. The molecule has 3 saturated heterocycles. The Hall–Kier alpha value is -1.64. The lowest BCUT2D eigenvalue weighted by atomic mass is 10.1. The van der Waals surface area contributed by atoms with Crippen LogP contribution in [0.4, 0.5) is 0 Å². The third-order valence-corrected chi connectivity index (χ3v) is 6.17. The molecular weight excluding hydrogens is 392 g/mol. The molecule has 0 aromatic carbocycles. The Kier molecular flexibility index (Phi) is 7.91. The number of hydrogen-bond acceptors (Lipinski definition) is 5. The van der Waals surface area contributed by atoms with E-state index in [0.29, 0.717) is 24.8 Å². The summed E-state index contributed by atoms with van der Waals surface area (Å²) in [5.41, 5.74) is 0.534. The number of rotatable bonds is 4. The molecule has 0 aliphatic carbocycles. The standard InChI is InChI=1S/C20H32N6O2.ClH/c27-19(24-9-1-2-10-24)16-23-8-4-11-25(14-13-23)20(28)18-6-12-26(22-18)17-5-3-7-21-15-17;/h6,12,17,21H,1-5,7-11,13-16H2;1H. The van der Waals surface area contributed by atoms with E-state index in [2.05, 4.69) is 15.3 Å². The maximum Gasteiger partial charge on any atom is 0.274 e. The zero-order chi connectivity index (χ0) is 19.3. The van der Waals surface area contributed by atoms with E-state index in [0.717, 1.165) is 77.9 Å². The van der Waals surface area contributed by atoms with E-state index in [1.165, 1.54) is 0 Å². The van der Waals surface area contributed by atoms with Crippen LogP contribution in [0.3, 0.4) is 0 Å². The number of likely N-dealkylation sites (tertiary alicyclic amines) is 1. The predicted octanol–water partition coefficient (Wildman–Crippen LogP) is 1.000. The zero-order valence-corrected chi connectivity index (χ0v) is 17.9. The highest BCUT2D eigenvalue weighted by molar-refractivity contribution is 5.92. The van der Waals surface area contributed by atoms with E-state index in [1.54, 1.807) is 0 Å². The summed E-state index contributed by atoms with van der Waals surface area (Å²) in [5, 5.41) is 7.96. The first-order chi connectivity index (χ1) is 13.7. The zero-order valence-electron chi connectivity index (χ0n) is 17.1. The summed E-state index contributed by atoms with van der Waals surface area (Å²) >= 11 is 0. The van der Waals surface area contributed by atoms with Gasteiger partial charge < -0.3 is 15.1 Å². The van der Waals surface area contributed by atoms with Crippen molar-refractivity contribution < 1.29 is 9.59 Å². The summed E-state index contributed by atoms with van der Waals surface area (Å²) in [4.78, 5) is 31.4. The Morgan fingerprint density at radius 1 is 1.00 bits per heavy atom. The summed E-state index contributed by atoms with van der Waals surface area (Å²) in [6.07, 6.45) is 7.32. The van der Waals surface area contributed by atoms with Gasteiger partial charge >= 0.3 is 0 Å². The predicted molar refractivity (Wildman–Crippen MR) is 113 cm³/mol. The molecule has 1 unspecified atom stereocenters. The van der Waals surface area contributed by atoms with Crippen molar-refractivity contribution in [2.45, 2.75) is 38.1 Å². The molecule has 4 rings (SSSR count). The van der Waals surface area contributed by atoms with E-state index in [9.17, 15) is 9.59 Å². The smallest absolute Gasteiger partial charge is 0.274 e. The van der Waals surface area contributed by atoms with E-state index >= 15 is 0 Å². The van der Waals surface area contributed by atoms with Crippen molar-refractivity contribution in [3.8, 4) is 0 Å². The second kappa shape index (κ2) is 10.4. The van der Waals surface area contributed by atoms with Gasteiger partial charge in [-0.15, -0.1) is 12.4 Å². The number of piperidine rings is 1. The van der Waals surface area contributed by atoms with Crippen LogP contribution in [0.15, 0.2) is 12.3 Å². The van der Waals surface area contributed by atoms with Gasteiger partial charge in [0.2, 0.25) is 5.91 Å². The summed E-state index contributed by atoms with van der Waals surface area (Å²) in [5.74, 6) is 0.243. The molecule has 29 heavy (non-hydrogen) atoms. The molecule has 3 fully saturated rings. The van der Waals surface area contributed by atoms with Gasteiger partial charge in [0.05, 0.1) is 12.6 Å². The van der Waals surface area contributed by atoms with E-state index < -0.39 is 0 Å². The minimum absolute atomic E-state index is 0. The lowest BCUT2D eigenvalue weighted by Gasteiger charge is -2.24. The molecule has 1 aromatic rings. The number of nitrogens with zero attached hydrogens (tertiary/aromatic N) is 5. The van der Waals surface area contributed by atoms with Gasteiger partial charge in [-0.05, 0) is 44.7 Å². The summed E-state index contributed by atoms with van der Waals surface area (Å²) in [6, 6.07) is 2.18. The van der Waals surface area contributed by atoms with Crippen molar-refractivity contribution in [2.75, 3.05) is 58.9 Å². The number of carbonyl (C=O) groups is 2. The Balaban J connectivity index is 0.00000240. The molecule has 1 atom stereocenters. The van der Waals surface area contributed by atoms with Crippen molar-refractivity contribution in [1.82, 2.24) is 29.8 Å². The minimum Gasteiger partial charge on any atom is -0.342 e. The minimum atomic E-state index is 0. The van der Waals surface area contributed by atoms with Crippen LogP contribution >= 0.6 is 12.4 Å². The van der Waals surface area contributed by atoms with Gasteiger partial charge in [-0.3, -0.25) is 19.2 Å². The summed E-state index contributed by atoms with van der Waals surface area (Å²) in [6.45, 7) is 7.25. The van der Waals surface area contributed by atoms with E-state index in [4.69, 9.17) is 0 Å². The van der Waals surface area contributed by atoms with E-state index in [-0.39, 0.29) is 24.2 Å². The Morgan fingerprint density at radius 3 is 2.55 bits per heavy atom. The highest BCUT2D eigenvalue weighted by Crippen LogP contribution is 2.17. The lowest BCUT2D eigenvalue weighted by molar-refractivity contribution is -0.131. The second-order valence-electron chi connectivity index (χ2n) is 8.19. The fourth-order valence-corrected chi connectivity index (χ4v) is 4.47. The van der Waals surface area contributed by atoms with Crippen molar-refractivity contribution in [3.05, 3.63) is 18.0 Å². The molecule has 3 aliphatic heterocycles. The molecule has 1 aromatic heterocycles. The molecule has 0 saturated carbocycles. The van der Waals surface area contributed by atoms with Crippen LogP contribution in [0, 0.1) is 0 Å². The number of hydrogen-bond donors (Lipinski definition) is 1. The SMILES string of the molecule is Cl.O=C(CN1CCCN(C(=O)c2ccn(C3CCCNC3)n2)CC1)N1CCCC1. The fraction of sp³-hybridized carbons (Fsp3) is 0.750. The van der Waals surface area contributed by atoms with Crippen LogP contribution in [0.2, 0.25) is 0 Å². The molecule has 0 radical (unpaired) electrons. The van der Waals surface area contributed by atoms with Crippen LogP contribution < -0.4 is 5.32 Å². The third kappa shape index (κ3) is 5.49. The maximum atomic E-state index is 12.9. The van der Waals surface area contributed by atoms with Crippen molar-refractivity contribution >= 4 is 24.2 Å². The van der Waals surface area contributed by atoms with Gasteiger partial charge in [-0.2, -0.15) is 5.10 Å². The van der Waals surface area contributed by atoms with Crippen LogP contribution in [0.25, 0.3) is 0 Å². The number of amides is 2. The molecule has 0 bridgehead atoms. The Labute approximate surface area is 179 Å².